The van der Waals surface area contributed by atoms with Gasteiger partial charge < -0.3 is 4.74 Å². The molecule has 0 amide bonds. The lowest BCUT2D eigenvalue weighted by Crippen LogP contribution is -2.21. The van der Waals surface area contributed by atoms with Gasteiger partial charge in [0.25, 0.3) is 0 Å². The van der Waals surface area contributed by atoms with Gasteiger partial charge in [-0.1, -0.05) is 30.3 Å². The van der Waals surface area contributed by atoms with Crippen LogP contribution >= 0.6 is 0 Å². The highest BCUT2D eigenvalue weighted by molar-refractivity contribution is 5.20. The van der Waals surface area contributed by atoms with E-state index in [1.807, 2.05) is 30.3 Å². The standard InChI is InChI=1S/C12H15NO3/c14-13(15)8-12(11-6-7-16-9-11)10-4-2-1-3-5-10/h1-5,11-12H,6-9H2/t11-,12+/m1/s1. The molecule has 4 heteroatoms. The molecule has 1 aliphatic heterocycles. The second-order valence-electron chi connectivity index (χ2n) is 4.16. The van der Waals surface area contributed by atoms with Crippen molar-refractivity contribution in [2.24, 2.45) is 5.92 Å². The number of ether oxygens (including phenoxy) is 1. The highest BCUT2D eigenvalue weighted by atomic mass is 16.6. The minimum absolute atomic E-state index is 0.00194. The molecule has 1 saturated heterocycles. The van der Waals surface area contributed by atoms with E-state index in [-0.39, 0.29) is 23.3 Å². The molecule has 2 rings (SSSR count). The Kier molecular flexibility index (Phi) is 3.51. The van der Waals surface area contributed by atoms with Gasteiger partial charge >= 0.3 is 0 Å². The van der Waals surface area contributed by atoms with Gasteiger partial charge in [-0.15, -0.1) is 0 Å². The van der Waals surface area contributed by atoms with Gasteiger partial charge in [0.1, 0.15) is 0 Å². The minimum Gasteiger partial charge on any atom is -0.381 e. The lowest BCUT2D eigenvalue weighted by molar-refractivity contribution is -0.484. The van der Waals surface area contributed by atoms with Crippen LogP contribution in [0.4, 0.5) is 0 Å². The number of nitrogens with zero attached hydrogens (tertiary/aromatic N) is 1. The first kappa shape index (κ1) is 11.1. The van der Waals surface area contributed by atoms with Crippen molar-refractivity contribution >= 4 is 0 Å². The molecule has 1 aromatic rings. The Balaban J connectivity index is 2.16. The van der Waals surface area contributed by atoms with E-state index in [1.165, 1.54) is 0 Å². The molecule has 1 heterocycles. The molecule has 1 fully saturated rings. The zero-order valence-electron chi connectivity index (χ0n) is 9.04. The number of hydrogen-bond acceptors (Lipinski definition) is 3. The van der Waals surface area contributed by atoms with Gasteiger partial charge in [-0.3, -0.25) is 10.1 Å². The Morgan fingerprint density at radius 2 is 2.19 bits per heavy atom. The van der Waals surface area contributed by atoms with E-state index in [2.05, 4.69) is 0 Å². The number of benzene rings is 1. The zero-order chi connectivity index (χ0) is 11.4. The van der Waals surface area contributed by atoms with Gasteiger partial charge in [0, 0.05) is 11.5 Å². The van der Waals surface area contributed by atoms with E-state index in [9.17, 15) is 10.1 Å². The summed E-state index contributed by atoms with van der Waals surface area (Å²) in [5, 5.41) is 10.7. The SMILES string of the molecule is O=[N+]([O-])C[C@@H](c1ccccc1)[C@@H]1CCOC1. The molecule has 0 aliphatic carbocycles. The van der Waals surface area contributed by atoms with E-state index >= 15 is 0 Å². The molecule has 0 bridgehead atoms. The van der Waals surface area contributed by atoms with E-state index in [0.717, 1.165) is 18.6 Å². The summed E-state index contributed by atoms with van der Waals surface area (Å²) in [5.41, 5.74) is 1.05. The number of rotatable bonds is 4. The second kappa shape index (κ2) is 5.07. The van der Waals surface area contributed by atoms with Crippen LogP contribution < -0.4 is 0 Å². The Bertz CT molecular complexity index is 347. The fraction of sp³-hybridized carbons (Fsp3) is 0.500. The lowest BCUT2D eigenvalue weighted by atomic mass is 9.85. The molecule has 0 saturated carbocycles. The molecule has 0 unspecified atom stereocenters. The summed E-state index contributed by atoms with van der Waals surface area (Å²) in [5.74, 6) is 0.270. The largest absolute Gasteiger partial charge is 0.381 e. The van der Waals surface area contributed by atoms with Gasteiger partial charge in [-0.25, -0.2) is 0 Å². The maximum absolute atomic E-state index is 10.7. The summed E-state index contributed by atoms with van der Waals surface area (Å²) >= 11 is 0. The molecule has 0 aromatic heterocycles. The Morgan fingerprint density at radius 1 is 1.44 bits per heavy atom. The van der Waals surface area contributed by atoms with Crippen molar-refractivity contribution in [3.8, 4) is 0 Å². The first-order valence-electron chi connectivity index (χ1n) is 5.52. The van der Waals surface area contributed by atoms with Crippen molar-refractivity contribution in [3.63, 3.8) is 0 Å². The molecule has 16 heavy (non-hydrogen) atoms. The maximum atomic E-state index is 10.7. The summed E-state index contributed by atoms with van der Waals surface area (Å²) in [7, 11) is 0. The van der Waals surface area contributed by atoms with Crippen LogP contribution in [-0.2, 0) is 4.74 Å². The van der Waals surface area contributed by atoms with Crippen LogP contribution in [0.25, 0.3) is 0 Å². The Hall–Kier alpha value is -1.42. The predicted molar refractivity (Wildman–Crippen MR) is 60.0 cm³/mol. The van der Waals surface area contributed by atoms with Gasteiger partial charge in [0.05, 0.1) is 12.5 Å². The molecule has 2 atom stereocenters. The molecule has 86 valence electrons. The lowest BCUT2D eigenvalue weighted by Gasteiger charge is -2.18. The minimum atomic E-state index is -0.226. The summed E-state index contributed by atoms with van der Waals surface area (Å²) in [6.07, 6.45) is 0.924. The second-order valence-corrected chi connectivity index (χ2v) is 4.16. The summed E-state index contributed by atoms with van der Waals surface area (Å²) in [4.78, 5) is 10.5. The first-order chi connectivity index (χ1) is 7.77. The van der Waals surface area contributed by atoms with Crippen LogP contribution in [0.2, 0.25) is 0 Å². The maximum Gasteiger partial charge on any atom is 0.211 e. The van der Waals surface area contributed by atoms with Crippen molar-refractivity contribution in [2.75, 3.05) is 19.8 Å². The topological polar surface area (TPSA) is 52.4 Å². The van der Waals surface area contributed by atoms with Crippen LogP contribution in [0, 0.1) is 16.0 Å². The van der Waals surface area contributed by atoms with Gasteiger partial charge in [0.2, 0.25) is 6.54 Å². The molecule has 0 N–H and O–H groups in total. The third-order valence-corrected chi connectivity index (χ3v) is 3.11. The zero-order valence-corrected chi connectivity index (χ0v) is 9.04. The quantitative estimate of drug-likeness (QED) is 0.577. The van der Waals surface area contributed by atoms with Crippen LogP contribution in [0.1, 0.15) is 17.9 Å². The van der Waals surface area contributed by atoms with Crippen molar-refractivity contribution in [3.05, 3.63) is 46.0 Å². The fourth-order valence-corrected chi connectivity index (χ4v) is 2.26. The van der Waals surface area contributed by atoms with E-state index in [4.69, 9.17) is 4.74 Å². The predicted octanol–water partition coefficient (Wildman–Crippen LogP) is 2.08. The third-order valence-electron chi connectivity index (χ3n) is 3.11. The summed E-state index contributed by atoms with van der Waals surface area (Å²) < 4.78 is 5.32. The molecule has 0 radical (unpaired) electrons. The van der Waals surface area contributed by atoms with E-state index in [1.54, 1.807) is 0 Å². The smallest absolute Gasteiger partial charge is 0.211 e. The normalized spacial score (nSPS) is 21.9. The van der Waals surface area contributed by atoms with E-state index < -0.39 is 0 Å². The Morgan fingerprint density at radius 3 is 2.75 bits per heavy atom. The highest BCUT2D eigenvalue weighted by Crippen LogP contribution is 2.30. The molecule has 1 aliphatic rings. The average molecular weight is 221 g/mol. The van der Waals surface area contributed by atoms with Crippen molar-refractivity contribution in [1.82, 2.24) is 0 Å². The Labute approximate surface area is 94.4 Å². The number of hydrogen-bond donors (Lipinski definition) is 0. The van der Waals surface area contributed by atoms with Gasteiger partial charge in [-0.05, 0) is 17.9 Å². The van der Waals surface area contributed by atoms with Crippen molar-refractivity contribution in [2.45, 2.75) is 12.3 Å². The third kappa shape index (κ3) is 2.58. The van der Waals surface area contributed by atoms with Crippen LogP contribution in [0.3, 0.4) is 0 Å². The average Bonchev–Trinajstić information content (AvgIpc) is 2.80. The van der Waals surface area contributed by atoms with Crippen LogP contribution in [0.5, 0.6) is 0 Å². The molecular weight excluding hydrogens is 206 g/mol. The molecule has 4 nitrogen and oxygen atoms in total. The molecule has 1 aromatic carbocycles. The first-order valence-corrected chi connectivity index (χ1v) is 5.52. The monoisotopic (exact) mass is 221 g/mol. The summed E-state index contributed by atoms with van der Waals surface area (Å²) in [6, 6.07) is 9.72. The van der Waals surface area contributed by atoms with Gasteiger partial charge in [-0.2, -0.15) is 0 Å². The summed E-state index contributed by atoms with van der Waals surface area (Å²) in [6.45, 7) is 1.37. The fourth-order valence-electron chi connectivity index (χ4n) is 2.26. The van der Waals surface area contributed by atoms with Crippen LogP contribution in [-0.4, -0.2) is 24.7 Å². The van der Waals surface area contributed by atoms with Crippen LogP contribution in [0.15, 0.2) is 30.3 Å². The molecular formula is C12H15NO3. The van der Waals surface area contributed by atoms with E-state index in [0.29, 0.717) is 6.61 Å². The molecule has 0 spiro atoms. The van der Waals surface area contributed by atoms with Crippen molar-refractivity contribution in [1.29, 1.82) is 0 Å². The highest BCUT2D eigenvalue weighted by Gasteiger charge is 2.30. The number of nitro groups is 1. The van der Waals surface area contributed by atoms with Crippen molar-refractivity contribution < 1.29 is 9.66 Å². The van der Waals surface area contributed by atoms with Gasteiger partial charge in [0.15, 0.2) is 0 Å².